The monoisotopic (exact) mass is 242 g/mol. The molecule has 1 fully saturated rings. The number of carbonyl (C=O) groups excluding carboxylic acids is 2. The van der Waals surface area contributed by atoms with Gasteiger partial charge in [-0.05, 0) is 6.42 Å². The number of thiol groups is 1. The third-order valence-corrected chi connectivity index (χ3v) is 2.89. The summed E-state index contributed by atoms with van der Waals surface area (Å²) in [6.07, 6.45) is 1.86. The summed E-state index contributed by atoms with van der Waals surface area (Å²) in [6, 6.07) is 0. The van der Waals surface area contributed by atoms with Gasteiger partial charge in [0.2, 0.25) is 11.8 Å². The first-order chi connectivity index (χ1) is 7.56. The smallest absolute Gasteiger partial charge is 0.242 e. The Kier molecular flexibility index (Phi) is 4.86. The summed E-state index contributed by atoms with van der Waals surface area (Å²) in [5, 5.41) is 2.68. The maximum Gasteiger partial charge on any atom is 0.242 e. The zero-order valence-corrected chi connectivity index (χ0v) is 10.4. The predicted molar refractivity (Wildman–Crippen MR) is 66.2 cm³/mol. The molecular weight excluding hydrogens is 224 g/mol. The van der Waals surface area contributed by atoms with E-state index in [0.29, 0.717) is 13.0 Å². The molecule has 0 bridgehead atoms. The minimum atomic E-state index is -0.454. The molecule has 1 N–H and O–H groups in total. The van der Waals surface area contributed by atoms with Gasteiger partial charge in [0.25, 0.3) is 0 Å². The average molecular weight is 242 g/mol. The molecule has 5 heteroatoms. The number of nitrogens with one attached hydrogen (secondary N) is 1. The van der Waals surface area contributed by atoms with Crippen molar-refractivity contribution in [2.45, 2.75) is 31.4 Å². The van der Waals surface area contributed by atoms with Gasteiger partial charge < -0.3 is 5.32 Å². The highest BCUT2D eigenvalue weighted by Gasteiger charge is 2.35. The third kappa shape index (κ3) is 3.27. The van der Waals surface area contributed by atoms with Crippen molar-refractivity contribution in [3.8, 4) is 0 Å². The molecule has 2 amide bonds. The van der Waals surface area contributed by atoms with Crippen LogP contribution in [-0.4, -0.2) is 35.1 Å². The van der Waals surface area contributed by atoms with Crippen molar-refractivity contribution in [3.63, 3.8) is 0 Å². The van der Waals surface area contributed by atoms with Crippen molar-refractivity contribution < 1.29 is 9.59 Å². The maximum absolute atomic E-state index is 11.5. The lowest BCUT2D eigenvalue weighted by Crippen LogP contribution is -2.33. The van der Waals surface area contributed by atoms with Crippen LogP contribution in [0.25, 0.3) is 0 Å². The first-order valence-corrected chi connectivity index (χ1v) is 6.01. The van der Waals surface area contributed by atoms with Gasteiger partial charge in [0.05, 0.1) is 5.25 Å². The Morgan fingerprint density at radius 2 is 2.31 bits per heavy atom. The number of amides is 2. The number of likely N-dealkylation sites (tertiary alicyclic amines) is 1. The number of rotatable bonds is 6. The van der Waals surface area contributed by atoms with Crippen LogP contribution in [0, 0.1) is 0 Å². The molecule has 0 spiro atoms. The van der Waals surface area contributed by atoms with E-state index in [1.54, 1.807) is 0 Å². The normalized spacial score (nSPS) is 20.4. The fourth-order valence-corrected chi connectivity index (χ4v) is 1.83. The molecule has 0 aromatic heterocycles. The molecule has 0 aliphatic carbocycles. The molecule has 1 atom stereocenters. The fourth-order valence-electron chi connectivity index (χ4n) is 1.54. The van der Waals surface area contributed by atoms with Crippen LogP contribution >= 0.6 is 12.6 Å². The van der Waals surface area contributed by atoms with Crippen LogP contribution in [0.4, 0.5) is 0 Å². The van der Waals surface area contributed by atoms with Crippen molar-refractivity contribution in [2.75, 3.05) is 13.1 Å². The molecule has 1 aliphatic heterocycles. The van der Waals surface area contributed by atoms with E-state index < -0.39 is 5.25 Å². The van der Waals surface area contributed by atoms with E-state index in [9.17, 15) is 9.59 Å². The van der Waals surface area contributed by atoms with Crippen LogP contribution in [0.3, 0.4) is 0 Å². The van der Waals surface area contributed by atoms with Crippen molar-refractivity contribution in [3.05, 3.63) is 12.3 Å². The molecule has 0 aromatic carbocycles. The lowest BCUT2D eigenvalue weighted by atomic mass is 10.3. The van der Waals surface area contributed by atoms with Gasteiger partial charge in [0.15, 0.2) is 0 Å². The lowest BCUT2D eigenvalue weighted by molar-refractivity contribution is -0.138. The van der Waals surface area contributed by atoms with Crippen LogP contribution in [0.2, 0.25) is 0 Å². The molecule has 4 nitrogen and oxygen atoms in total. The van der Waals surface area contributed by atoms with Gasteiger partial charge in [-0.2, -0.15) is 12.6 Å². The van der Waals surface area contributed by atoms with E-state index >= 15 is 0 Å². The SMILES string of the molecule is C=C(CCN1C(=O)CC(S)C1=O)NCCC. The Balaban J connectivity index is 2.35. The fraction of sp³-hybridized carbons (Fsp3) is 0.636. The minimum absolute atomic E-state index is 0.131. The van der Waals surface area contributed by atoms with Crippen molar-refractivity contribution in [1.29, 1.82) is 0 Å². The molecule has 0 radical (unpaired) electrons. The molecular formula is C11H18N2O2S. The van der Waals surface area contributed by atoms with Crippen LogP contribution in [0.15, 0.2) is 12.3 Å². The highest BCUT2D eigenvalue weighted by atomic mass is 32.1. The summed E-state index contributed by atoms with van der Waals surface area (Å²) < 4.78 is 0. The van der Waals surface area contributed by atoms with Crippen molar-refractivity contribution in [1.82, 2.24) is 10.2 Å². The summed E-state index contributed by atoms with van der Waals surface area (Å²) in [4.78, 5) is 24.2. The quantitative estimate of drug-likeness (QED) is 0.538. The number of carbonyl (C=O) groups is 2. The molecule has 90 valence electrons. The van der Waals surface area contributed by atoms with Crippen molar-refractivity contribution >= 4 is 24.4 Å². The minimum Gasteiger partial charge on any atom is -0.389 e. The molecule has 1 rings (SSSR count). The van der Waals surface area contributed by atoms with Crippen LogP contribution < -0.4 is 5.32 Å². The molecule has 1 unspecified atom stereocenters. The van der Waals surface area contributed by atoms with Gasteiger partial charge in [-0.3, -0.25) is 14.5 Å². The first kappa shape index (κ1) is 13.1. The molecule has 0 aromatic rings. The Labute approximate surface area is 101 Å². The summed E-state index contributed by atoms with van der Waals surface area (Å²) in [5.41, 5.74) is 0.866. The van der Waals surface area contributed by atoms with Gasteiger partial charge >= 0.3 is 0 Å². The Hall–Kier alpha value is -0.970. The highest BCUT2D eigenvalue weighted by Crippen LogP contribution is 2.18. The van der Waals surface area contributed by atoms with Gasteiger partial charge in [-0.1, -0.05) is 13.5 Å². The molecule has 1 saturated heterocycles. The van der Waals surface area contributed by atoms with Crippen molar-refractivity contribution in [2.24, 2.45) is 0 Å². The molecule has 16 heavy (non-hydrogen) atoms. The predicted octanol–water partition coefficient (Wildman–Crippen LogP) is 0.947. The standard InChI is InChI=1S/C11H18N2O2S/c1-3-5-12-8(2)4-6-13-10(14)7-9(16)11(13)15/h9,12,16H,2-7H2,1H3. The van der Waals surface area contributed by atoms with E-state index in [-0.39, 0.29) is 18.2 Å². The van der Waals surface area contributed by atoms with E-state index in [1.807, 2.05) is 0 Å². The van der Waals surface area contributed by atoms with Crippen LogP contribution in [-0.2, 0) is 9.59 Å². The molecule has 1 aliphatic rings. The van der Waals surface area contributed by atoms with Gasteiger partial charge in [0.1, 0.15) is 0 Å². The molecule has 0 saturated carbocycles. The Morgan fingerprint density at radius 1 is 1.62 bits per heavy atom. The Morgan fingerprint density at radius 3 is 2.81 bits per heavy atom. The van der Waals surface area contributed by atoms with Crippen LogP contribution in [0.1, 0.15) is 26.2 Å². The first-order valence-electron chi connectivity index (χ1n) is 5.50. The summed E-state index contributed by atoms with van der Waals surface area (Å²) in [6.45, 7) is 7.19. The second-order valence-corrected chi connectivity index (χ2v) is 4.51. The van der Waals surface area contributed by atoms with Gasteiger partial charge in [-0.15, -0.1) is 0 Å². The number of hydrogen-bond donors (Lipinski definition) is 2. The largest absolute Gasteiger partial charge is 0.389 e. The highest BCUT2D eigenvalue weighted by molar-refractivity contribution is 7.81. The van der Waals surface area contributed by atoms with Gasteiger partial charge in [0, 0.05) is 31.6 Å². The van der Waals surface area contributed by atoms with E-state index in [4.69, 9.17) is 0 Å². The average Bonchev–Trinajstić information content (AvgIpc) is 2.48. The third-order valence-electron chi connectivity index (χ3n) is 2.48. The lowest BCUT2D eigenvalue weighted by Gasteiger charge is -2.15. The Bertz CT molecular complexity index is 304. The summed E-state index contributed by atoms with van der Waals surface area (Å²) in [5.74, 6) is -0.315. The molecule has 1 heterocycles. The number of nitrogens with zero attached hydrogens (tertiary/aromatic N) is 1. The van der Waals surface area contributed by atoms with Crippen LogP contribution in [0.5, 0.6) is 0 Å². The summed E-state index contributed by atoms with van der Waals surface area (Å²) >= 11 is 4.06. The topological polar surface area (TPSA) is 49.4 Å². The zero-order valence-electron chi connectivity index (χ0n) is 9.53. The van der Waals surface area contributed by atoms with E-state index in [1.165, 1.54) is 4.90 Å². The second-order valence-electron chi connectivity index (χ2n) is 3.88. The maximum atomic E-state index is 11.5. The van der Waals surface area contributed by atoms with E-state index in [0.717, 1.165) is 18.7 Å². The number of hydrogen-bond acceptors (Lipinski definition) is 4. The zero-order chi connectivity index (χ0) is 12.1. The second kappa shape index (κ2) is 5.94. The van der Waals surface area contributed by atoms with Gasteiger partial charge in [-0.25, -0.2) is 0 Å². The van der Waals surface area contributed by atoms with E-state index in [2.05, 4.69) is 31.4 Å². The summed E-state index contributed by atoms with van der Waals surface area (Å²) in [7, 11) is 0. The number of imide groups is 1.